The molecule has 0 bridgehead atoms. The van der Waals surface area contributed by atoms with E-state index in [2.05, 4.69) is 39.9 Å². The van der Waals surface area contributed by atoms with Crippen LogP contribution in [0.4, 0.5) is 0 Å². The molecule has 0 saturated carbocycles. The summed E-state index contributed by atoms with van der Waals surface area (Å²) in [5.41, 5.74) is 0. The smallest absolute Gasteiger partial charge is 0.319 e. The fourth-order valence-corrected chi connectivity index (χ4v) is 1.96. The molecule has 0 spiro atoms. The molecular weight excluding hydrogens is 214 g/mol. The largest absolute Gasteiger partial charge is 0.465 e. The number of esters is 1. The Morgan fingerprint density at radius 3 is 2.24 bits per heavy atom. The summed E-state index contributed by atoms with van der Waals surface area (Å²) in [4.78, 5) is 11.4. The van der Waals surface area contributed by atoms with E-state index in [9.17, 15) is 4.79 Å². The monoisotopic (exact) mass is 243 g/mol. The van der Waals surface area contributed by atoms with Crippen molar-refractivity contribution in [2.75, 3.05) is 19.7 Å². The van der Waals surface area contributed by atoms with Gasteiger partial charge in [-0.25, -0.2) is 0 Å². The topological polar surface area (TPSA) is 38.3 Å². The fraction of sp³-hybridized carbons (Fsp3) is 0.929. The van der Waals surface area contributed by atoms with Crippen LogP contribution in [0, 0.1) is 17.8 Å². The second-order valence-corrected chi connectivity index (χ2v) is 5.36. The van der Waals surface area contributed by atoms with Crippen molar-refractivity contribution in [1.29, 1.82) is 0 Å². The Balaban J connectivity index is 3.70. The average molecular weight is 243 g/mol. The number of carbonyl (C=O) groups is 1. The van der Waals surface area contributed by atoms with Crippen LogP contribution in [0.15, 0.2) is 0 Å². The van der Waals surface area contributed by atoms with Gasteiger partial charge in [0, 0.05) is 0 Å². The number of rotatable bonds is 9. The van der Waals surface area contributed by atoms with Crippen molar-refractivity contribution in [3.8, 4) is 0 Å². The number of hydrogen-bond acceptors (Lipinski definition) is 3. The molecule has 0 rings (SSSR count). The third-order valence-electron chi connectivity index (χ3n) is 3.12. The van der Waals surface area contributed by atoms with Gasteiger partial charge in [-0.1, -0.05) is 41.0 Å². The lowest BCUT2D eigenvalue weighted by Gasteiger charge is -2.24. The molecule has 0 aliphatic carbocycles. The molecule has 0 aliphatic heterocycles. The first-order valence-corrected chi connectivity index (χ1v) is 6.85. The van der Waals surface area contributed by atoms with E-state index < -0.39 is 0 Å². The highest BCUT2D eigenvalue weighted by Crippen LogP contribution is 2.19. The second-order valence-electron chi connectivity index (χ2n) is 5.36. The lowest BCUT2D eigenvalue weighted by Crippen LogP contribution is -2.33. The molecule has 0 amide bonds. The highest BCUT2D eigenvalue weighted by Gasteiger charge is 2.17. The van der Waals surface area contributed by atoms with Crippen molar-refractivity contribution in [2.45, 2.75) is 47.5 Å². The summed E-state index contributed by atoms with van der Waals surface area (Å²) >= 11 is 0. The van der Waals surface area contributed by atoms with E-state index in [1.807, 2.05) is 0 Å². The van der Waals surface area contributed by atoms with Crippen molar-refractivity contribution in [3.63, 3.8) is 0 Å². The Labute approximate surface area is 106 Å². The van der Waals surface area contributed by atoms with E-state index >= 15 is 0 Å². The summed E-state index contributed by atoms with van der Waals surface area (Å²) in [6, 6.07) is 0. The van der Waals surface area contributed by atoms with Crippen LogP contribution < -0.4 is 5.32 Å². The minimum atomic E-state index is -0.135. The van der Waals surface area contributed by atoms with Gasteiger partial charge in [0.2, 0.25) is 0 Å². The van der Waals surface area contributed by atoms with E-state index in [0.717, 1.165) is 19.4 Å². The minimum absolute atomic E-state index is 0.135. The first-order valence-electron chi connectivity index (χ1n) is 6.85. The molecule has 0 aliphatic rings. The van der Waals surface area contributed by atoms with Crippen LogP contribution >= 0.6 is 0 Å². The predicted octanol–water partition coefficient (Wildman–Crippen LogP) is 2.85. The van der Waals surface area contributed by atoms with Gasteiger partial charge in [0.25, 0.3) is 0 Å². The maximum Gasteiger partial charge on any atom is 0.319 e. The van der Waals surface area contributed by atoms with Gasteiger partial charge in [-0.05, 0) is 30.7 Å². The number of hydrogen-bond donors (Lipinski definition) is 1. The summed E-state index contributed by atoms with van der Waals surface area (Å²) in [6.45, 7) is 12.8. The first-order chi connectivity index (χ1) is 7.99. The molecule has 0 aromatic rings. The normalized spacial score (nSPS) is 11.5. The summed E-state index contributed by atoms with van der Waals surface area (Å²) in [5, 5.41) is 3.20. The molecule has 0 unspecified atom stereocenters. The molecule has 17 heavy (non-hydrogen) atoms. The fourth-order valence-electron chi connectivity index (χ4n) is 1.96. The quantitative estimate of drug-likeness (QED) is 0.500. The molecule has 0 atom stereocenters. The third-order valence-corrected chi connectivity index (χ3v) is 3.12. The average Bonchev–Trinajstić information content (AvgIpc) is 2.23. The number of unbranched alkanes of at least 4 members (excludes halogenated alkanes) is 1. The van der Waals surface area contributed by atoms with E-state index in [1.54, 1.807) is 0 Å². The van der Waals surface area contributed by atoms with E-state index in [0.29, 0.717) is 30.9 Å². The van der Waals surface area contributed by atoms with Crippen LogP contribution in [0.3, 0.4) is 0 Å². The molecule has 0 saturated heterocycles. The van der Waals surface area contributed by atoms with Gasteiger partial charge in [0.1, 0.15) is 0 Å². The summed E-state index contributed by atoms with van der Waals surface area (Å²) in [7, 11) is 0. The van der Waals surface area contributed by atoms with Crippen molar-refractivity contribution < 1.29 is 9.53 Å². The Morgan fingerprint density at radius 2 is 1.76 bits per heavy atom. The highest BCUT2D eigenvalue weighted by molar-refractivity contribution is 5.71. The van der Waals surface area contributed by atoms with Gasteiger partial charge in [-0.15, -0.1) is 0 Å². The molecule has 1 N–H and O–H groups in total. The van der Waals surface area contributed by atoms with Gasteiger partial charge < -0.3 is 10.1 Å². The standard InChI is InChI=1S/C14H29NO2/c1-6-7-8-17-14(16)10-15-9-13(11(2)3)12(4)5/h11-13,15H,6-10H2,1-5H3. The van der Waals surface area contributed by atoms with Crippen LogP contribution in [0.1, 0.15) is 47.5 Å². The van der Waals surface area contributed by atoms with E-state index in [1.165, 1.54) is 0 Å². The van der Waals surface area contributed by atoms with Crippen molar-refractivity contribution >= 4 is 5.97 Å². The molecule has 0 aromatic carbocycles. The summed E-state index contributed by atoms with van der Waals surface area (Å²) in [5.74, 6) is 1.75. The Hall–Kier alpha value is -0.570. The molecular formula is C14H29NO2. The SMILES string of the molecule is CCCCOC(=O)CNCC(C(C)C)C(C)C. The molecule has 0 fully saturated rings. The first kappa shape index (κ1) is 16.4. The van der Waals surface area contributed by atoms with E-state index in [-0.39, 0.29) is 5.97 Å². The summed E-state index contributed by atoms with van der Waals surface area (Å²) < 4.78 is 5.08. The zero-order valence-electron chi connectivity index (χ0n) is 12.1. The van der Waals surface area contributed by atoms with Crippen molar-refractivity contribution in [3.05, 3.63) is 0 Å². The van der Waals surface area contributed by atoms with E-state index in [4.69, 9.17) is 4.74 Å². The van der Waals surface area contributed by atoms with Gasteiger partial charge in [-0.2, -0.15) is 0 Å². The van der Waals surface area contributed by atoms with Crippen LogP contribution in [-0.2, 0) is 9.53 Å². The Bertz CT molecular complexity index is 194. The molecule has 0 aromatic heterocycles. The molecule has 0 radical (unpaired) electrons. The number of carbonyl (C=O) groups excluding carboxylic acids is 1. The lowest BCUT2D eigenvalue weighted by molar-refractivity contribution is -0.142. The third kappa shape index (κ3) is 8.19. The maximum atomic E-state index is 11.4. The van der Waals surface area contributed by atoms with Crippen molar-refractivity contribution in [2.24, 2.45) is 17.8 Å². The molecule has 3 nitrogen and oxygen atoms in total. The molecule has 3 heteroatoms. The van der Waals surface area contributed by atoms with Crippen molar-refractivity contribution in [1.82, 2.24) is 5.32 Å². The van der Waals surface area contributed by atoms with Gasteiger partial charge in [0.15, 0.2) is 0 Å². The van der Waals surface area contributed by atoms with Crippen LogP contribution in [0.2, 0.25) is 0 Å². The van der Waals surface area contributed by atoms with Gasteiger partial charge in [-0.3, -0.25) is 4.79 Å². The van der Waals surface area contributed by atoms with Crippen LogP contribution in [0.25, 0.3) is 0 Å². The maximum absolute atomic E-state index is 11.4. The van der Waals surface area contributed by atoms with Gasteiger partial charge >= 0.3 is 5.97 Å². The van der Waals surface area contributed by atoms with Crippen LogP contribution in [0.5, 0.6) is 0 Å². The Kier molecular flexibility index (Phi) is 9.14. The zero-order valence-corrected chi connectivity index (χ0v) is 12.1. The predicted molar refractivity (Wildman–Crippen MR) is 71.9 cm³/mol. The number of ether oxygens (including phenoxy) is 1. The zero-order chi connectivity index (χ0) is 13.3. The minimum Gasteiger partial charge on any atom is -0.465 e. The van der Waals surface area contributed by atoms with Gasteiger partial charge in [0.05, 0.1) is 13.2 Å². The molecule has 0 heterocycles. The van der Waals surface area contributed by atoms with Crippen LogP contribution in [-0.4, -0.2) is 25.7 Å². The molecule has 102 valence electrons. The highest BCUT2D eigenvalue weighted by atomic mass is 16.5. The number of nitrogens with one attached hydrogen (secondary N) is 1. The summed E-state index contributed by atoms with van der Waals surface area (Å²) in [6.07, 6.45) is 2.01. The Morgan fingerprint density at radius 1 is 1.18 bits per heavy atom. The second kappa shape index (κ2) is 9.46. The lowest BCUT2D eigenvalue weighted by atomic mass is 9.85.